The van der Waals surface area contributed by atoms with Crippen LogP contribution in [0, 0.1) is 5.41 Å². The van der Waals surface area contributed by atoms with Gasteiger partial charge in [-0.2, -0.15) is 17.0 Å². The highest BCUT2D eigenvalue weighted by atomic mass is 32.2. The van der Waals surface area contributed by atoms with Crippen molar-refractivity contribution < 1.29 is 28.2 Å². The zero-order chi connectivity index (χ0) is 18.8. The van der Waals surface area contributed by atoms with E-state index in [4.69, 9.17) is 4.74 Å². The van der Waals surface area contributed by atoms with Crippen LogP contribution >= 0.6 is 0 Å². The summed E-state index contributed by atoms with van der Waals surface area (Å²) in [6, 6.07) is 6.89. The number of methoxy groups -OCH3 is 1. The lowest BCUT2D eigenvalue weighted by molar-refractivity contribution is -0.160. The van der Waals surface area contributed by atoms with Gasteiger partial charge in [0.2, 0.25) is 0 Å². The van der Waals surface area contributed by atoms with Crippen molar-refractivity contribution in [1.82, 2.24) is 8.61 Å². The van der Waals surface area contributed by atoms with Crippen LogP contribution in [0.1, 0.15) is 12.0 Å². The van der Waals surface area contributed by atoms with E-state index in [-0.39, 0.29) is 25.9 Å². The molecule has 1 aromatic carbocycles. The summed E-state index contributed by atoms with van der Waals surface area (Å²) >= 11 is 0. The Bertz CT molecular complexity index is 736. The summed E-state index contributed by atoms with van der Waals surface area (Å²) in [7, 11) is 0.529. The number of hydrogen-bond donors (Lipinski definition) is 2. The second-order valence-electron chi connectivity index (χ2n) is 6.42. The first-order valence-electron chi connectivity index (χ1n) is 7.85. The molecular weight excluding hydrogens is 348 g/mol. The first kappa shape index (κ1) is 19.6. The maximum absolute atomic E-state index is 12.4. The third kappa shape index (κ3) is 3.79. The molecule has 140 valence electrons. The number of ether oxygens (including phenoxy) is 1. The number of rotatable bonds is 6. The predicted molar refractivity (Wildman–Crippen MR) is 91.6 cm³/mol. The van der Waals surface area contributed by atoms with Gasteiger partial charge in [0.25, 0.3) is 10.2 Å². The molecule has 0 aliphatic carbocycles. The topological polar surface area (TPSA) is 107 Å². The number of carboxylic acid groups (broad SMARTS) is 1. The van der Waals surface area contributed by atoms with Gasteiger partial charge in [0, 0.05) is 27.2 Å². The van der Waals surface area contributed by atoms with Gasteiger partial charge in [0.05, 0.1) is 13.2 Å². The summed E-state index contributed by atoms with van der Waals surface area (Å²) in [5.74, 6) is -0.650. The zero-order valence-corrected chi connectivity index (χ0v) is 15.4. The molecule has 1 aromatic rings. The molecule has 2 atom stereocenters. The third-order valence-electron chi connectivity index (χ3n) is 4.62. The van der Waals surface area contributed by atoms with Crippen LogP contribution in [0.15, 0.2) is 24.3 Å². The minimum atomic E-state index is -3.77. The third-order valence-corrected chi connectivity index (χ3v) is 6.50. The van der Waals surface area contributed by atoms with Gasteiger partial charge in [-0.25, -0.2) is 0 Å². The second kappa shape index (κ2) is 7.28. The van der Waals surface area contributed by atoms with Crippen molar-refractivity contribution in [2.45, 2.75) is 18.9 Å². The van der Waals surface area contributed by atoms with E-state index in [1.807, 2.05) is 0 Å². The highest BCUT2D eigenvalue weighted by molar-refractivity contribution is 7.86. The van der Waals surface area contributed by atoms with Gasteiger partial charge < -0.3 is 14.9 Å². The SMILES string of the molecule is COc1cccc(C[C@@]2(C(=O)O)CN(S(=O)(=O)N(C)C)CC[C@@H]2O)c1. The Morgan fingerprint density at radius 1 is 1.44 bits per heavy atom. The maximum Gasteiger partial charge on any atom is 0.313 e. The zero-order valence-electron chi connectivity index (χ0n) is 14.5. The molecule has 1 saturated heterocycles. The summed E-state index contributed by atoms with van der Waals surface area (Å²) in [6.45, 7) is -0.212. The summed E-state index contributed by atoms with van der Waals surface area (Å²) in [6.07, 6.45) is -1.09. The van der Waals surface area contributed by atoms with Gasteiger partial charge >= 0.3 is 5.97 Å². The standard InChI is InChI=1S/C16H24N2O6S/c1-17(2)25(22,23)18-8-7-14(19)16(11-18,15(20)21)10-12-5-4-6-13(9-12)24-3/h4-6,9,14,19H,7-8,10-11H2,1-3H3,(H,20,21)/t14-,16+/m0/s1. The van der Waals surface area contributed by atoms with Crippen molar-refractivity contribution in [3.8, 4) is 5.75 Å². The first-order chi connectivity index (χ1) is 11.6. The molecule has 8 nitrogen and oxygen atoms in total. The number of carboxylic acids is 1. The Morgan fingerprint density at radius 2 is 2.12 bits per heavy atom. The Labute approximate surface area is 147 Å². The lowest BCUT2D eigenvalue weighted by Crippen LogP contribution is -2.59. The van der Waals surface area contributed by atoms with Gasteiger partial charge in [-0.15, -0.1) is 0 Å². The fraction of sp³-hybridized carbons (Fsp3) is 0.562. The van der Waals surface area contributed by atoms with Crippen LogP contribution in [0.5, 0.6) is 5.75 Å². The quantitative estimate of drug-likeness (QED) is 0.738. The van der Waals surface area contributed by atoms with Crippen LogP contribution in [0.3, 0.4) is 0 Å². The van der Waals surface area contributed by atoms with Crippen LogP contribution in [-0.2, 0) is 21.4 Å². The van der Waals surface area contributed by atoms with E-state index in [2.05, 4.69) is 0 Å². The average Bonchev–Trinajstić information content (AvgIpc) is 2.56. The molecule has 2 N–H and O–H groups in total. The molecule has 0 unspecified atom stereocenters. The van der Waals surface area contributed by atoms with Gasteiger partial charge in [-0.3, -0.25) is 4.79 Å². The van der Waals surface area contributed by atoms with E-state index in [9.17, 15) is 23.4 Å². The summed E-state index contributed by atoms with van der Waals surface area (Å²) < 4.78 is 32.1. The van der Waals surface area contributed by atoms with E-state index in [0.717, 1.165) is 8.61 Å². The van der Waals surface area contributed by atoms with Gasteiger partial charge in [0.1, 0.15) is 11.2 Å². The fourth-order valence-electron chi connectivity index (χ4n) is 3.08. The van der Waals surface area contributed by atoms with Gasteiger partial charge in [-0.05, 0) is 30.5 Å². The average molecular weight is 372 g/mol. The van der Waals surface area contributed by atoms with E-state index in [1.54, 1.807) is 24.3 Å². The van der Waals surface area contributed by atoms with Crippen molar-refractivity contribution >= 4 is 16.2 Å². The van der Waals surface area contributed by atoms with E-state index < -0.39 is 27.7 Å². The molecule has 0 saturated carbocycles. The highest BCUT2D eigenvalue weighted by Gasteiger charge is 2.51. The van der Waals surface area contributed by atoms with Crippen LogP contribution in [0.4, 0.5) is 0 Å². The van der Waals surface area contributed by atoms with Crippen molar-refractivity contribution in [2.75, 3.05) is 34.3 Å². The molecule has 1 aliphatic heterocycles. The Balaban J connectivity index is 2.40. The molecule has 25 heavy (non-hydrogen) atoms. The molecule has 0 amide bonds. The molecule has 0 aromatic heterocycles. The van der Waals surface area contributed by atoms with Crippen molar-refractivity contribution in [3.63, 3.8) is 0 Å². The summed E-state index contributed by atoms with van der Waals surface area (Å²) in [5, 5.41) is 20.3. The molecular formula is C16H24N2O6S. The number of aliphatic carboxylic acids is 1. The van der Waals surface area contributed by atoms with Crippen molar-refractivity contribution in [3.05, 3.63) is 29.8 Å². The minimum Gasteiger partial charge on any atom is -0.497 e. The van der Waals surface area contributed by atoms with Crippen LogP contribution in [0.25, 0.3) is 0 Å². The molecule has 2 rings (SSSR count). The normalized spacial score (nSPS) is 25.1. The first-order valence-corrected chi connectivity index (χ1v) is 9.25. The van der Waals surface area contributed by atoms with Crippen LogP contribution < -0.4 is 4.74 Å². The number of piperidine rings is 1. The Hall–Kier alpha value is -1.68. The minimum absolute atomic E-state index is 0.000147. The maximum atomic E-state index is 12.4. The van der Waals surface area contributed by atoms with E-state index in [1.165, 1.54) is 21.2 Å². The molecule has 1 fully saturated rings. The Kier molecular flexibility index (Phi) is 5.72. The highest BCUT2D eigenvalue weighted by Crippen LogP contribution is 2.36. The number of aliphatic hydroxyl groups excluding tert-OH is 1. The molecule has 1 heterocycles. The summed E-state index contributed by atoms with van der Waals surface area (Å²) in [4.78, 5) is 12.1. The fourth-order valence-corrected chi connectivity index (χ4v) is 4.27. The summed E-state index contributed by atoms with van der Waals surface area (Å²) in [5.41, 5.74) is -0.960. The predicted octanol–water partition coefficient (Wildman–Crippen LogP) is 0.182. The molecule has 0 spiro atoms. The van der Waals surface area contributed by atoms with E-state index in [0.29, 0.717) is 11.3 Å². The molecule has 0 bridgehead atoms. The monoisotopic (exact) mass is 372 g/mol. The number of nitrogens with zero attached hydrogens (tertiary/aromatic N) is 2. The largest absolute Gasteiger partial charge is 0.497 e. The number of benzene rings is 1. The number of aliphatic hydroxyl groups is 1. The Morgan fingerprint density at radius 3 is 2.68 bits per heavy atom. The van der Waals surface area contributed by atoms with Gasteiger partial charge in [0.15, 0.2) is 0 Å². The molecule has 1 aliphatic rings. The number of hydrogen-bond acceptors (Lipinski definition) is 5. The molecule has 9 heteroatoms. The lowest BCUT2D eigenvalue weighted by Gasteiger charge is -2.43. The van der Waals surface area contributed by atoms with Gasteiger partial charge in [-0.1, -0.05) is 12.1 Å². The van der Waals surface area contributed by atoms with Crippen LogP contribution in [0.2, 0.25) is 0 Å². The lowest BCUT2D eigenvalue weighted by atomic mass is 9.73. The van der Waals surface area contributed by atoms with Crippen molar-refractivity contribution in [2.24, 2.45) is 5.41 Å². The van der Waals surface area contributed by atoms with Crippen molar-refractivity contribution in [1.29, 1.82) is 0 Å². The smallest absolute Gasteiger partial charge is 0.313 e. The number of carbonyl (C=O) groups is 1. The van der Waals surface area contributed by atoms with Crippen LogP contribution in [-0.4, -0.2) is 73.6 Å². The second-order valence-corrected chi connectivity index (χ2v) is 8.56. The van der Waals surface area contributed by atoms with E-state index >= 15 is 0 Å². The molecule has 0 radical (unpaired) electrons.